The van der Waals surface area contributed by atoms with Crippen LogP contribution in [-0.4, -0.2) is 30.3 Å². The Morgan fingerprint density at radius 1 is 1.25 bits per heavy atom. The van der Waals surface area contributed by atoms with Gasteiger partial charge in [0, 0.05) is 23.0 Å². The Labute approximate surface area is 198 Å². The Kier molecular flexibility index (Phi) is 5.50. The summed E-state index contributed by atoms with van der Waals surface area (Å²) in [6.07, 6.45) is 4.76. The van der Waals surface area contributed by atoms with E-state index in [-0.39, 0.29) is 12.4 Å². The molecule has 0 saturated heterocycles. The maximum atomic E-state index is 14.1. The van der Waals surface area contributed by atoms with Crippen LogP contribution in [0.3, 0.4) is 0 Å². The van der Waals surface area contributed by atoms with Crippen LogP contribution in [0.2, 0.25) is 5.02 Å². The van der Waals surface area contributed by atoms with Gasteiger partial charge >= 0.3 is 0 Å². The molecule has 11 heteroatoms. The number of carbonyl (C=O) groups excluding carboxylic acids is 1. The van der Waals surface area contributed by atoms with Gasteiger partial charge in [-0.1, -0.05) is 23.7 Å². The van der Waals surface area contributed by atoms with Crippen LogP contribution in [0, 0.1) is 5.82 Å². The monoisotopic (exact) mass is 530 g/mol. The van der Waals surface area contributed by atoms with Gasteiger partial charge < -0.3 is 5.32 Å². The van der Waals surface area contributed by atoms with Crippen LogP contribution in [0.25, 0.3) is 16.2 Å². The van der Waals surface area contributed by atoms with Crippen molar-refractivity contribution in [2.24, 2.45) is 0 Å². The number of hydrogen-bond donors (Lipinski definition) is 1. The van der Waals surface area contributed by atoms with Gasteiger partial charge in [-0.05, 0) is 45.6 Å². The smallest absolute Gasteiger partial charge is 0.262 e. The van der Waals surface area contributed by atoms with E-state index in [9.17, 15) is 9.18 Å². The van der Waals surface area contributed by atoms with Crippen LogP contribution in [0.4, 0.5) is 10.2 Å². The highest BCUT2D eigenvalue weighted by atomic mass is 79.9. The van der Waals surface area contributed by atoms with Gasteiger partial charge in [0.1, 0.15) is 11.4 Å². The zero-order valence-corrected chi connectivity index (χ0v) is 19.3. The molecule has 0 spiro atoms. The molecule has 32 heavy (non-hydrogen) atoms. The van der Waals surface area contributed by atoms with Crippen molar-refractivity contribution >= 4 is 56.2 Å². The van der Waals surface area contributed by atoms with Crippen LogP contribution in [0.1, 0.15) is 15.9 Å². The van der Waals surface area contributed by atoms with E-state index < -0.39 is 11.7 Å². The Morgan fingerprint density at radius 2 is 2.12 bits per heavy atom. The summed E-state index contributed by atoms with van der Waals surface area (Å²) in [6, 6.07) is 10.3. The molecule has 0 radical (unpaired) electrons. The number of fused-ring (bicyclic) bond motifs is 1. The molecule has 160 valence electrons. The first-order valence-corrected chi connectivity index (χ1v) is 11.4. The van der Waals surface area contributed by atoms with Crippen LogP contribution in [-0.2, 0) is 6.54 Å². The molecule has 5 aromatic rings. The first kappa shape index (κ1) is 20.8. The minimum atomic E-state index is -0.423. The van der Waals surface area contributed by atoms with E-state index in [0.29, 0.717) is 26.3 Å². The van der Waals surface area contributed by atoms with Gasteiger partial charge in [0.15, 0.2) is 11.5 Å². The number of benzene rings is 1. The normalized spacial score (nSPS) is 11.2. The fourth-order valence-corrected chi connectivity index (χ4v) is 4.62. The van der Waals surface area contributed by atoms with Crippen LogP contribution >= 0.6 is 38.9 Å². The highest BCUT2D eigenvalue weighted by molar-refractivity contribution is 9.10. The second kappa shape index (κ2) is 8.45. The largest absolute Gasteiger partial charge is 0.304 e. The summed E-state index contributed by atoms with van der Waals surface area (Å²) < 4.78 is 17.8. The highest BCUT2D eigenvalue weighted by Gasteiger charge is 2.19. The van der Waals surface area contributed by atoms with Crippen molar-refractivity contribution < 1.29 is 9.18 Å². The predicted molar refractivity (Wildman–Crippen MR) is 125 cm³/mol. The third-order valence-corrected chi connectivity index (χ3v) is 6.58. The molecule has 0 unspecified atom stereocenters. The standard InChI is InChI=1S/C21H13BrClFN6OS/c22-14-11-29(10-13-15(23)3-1-4-16(13)24)28-19(14)27-21(31)12-9-26-30-17(6-7-25-20(12)30)18-5-2-8-32-18/h1-9,11H,10H2,(H,27,28,31). The summed E-state index contributed by atoms with van der Waals surface area (Å²) in [5.41, 5.74) is 1.90. The SMILES string of the molecule is O=C(Nc1nn(Cc2c(F)cccc2Cl)cc1Br)c1cnn2c(-c3cccs3)ccnc12. The summed E-state index contributed by atoms with van der Waals surface area (Å²) in [7, 11) is 0. The molecule has 0 bridgehead atoms. The van der Waals surface area contributed by atoms with Gasteiger partial charge in [0.25, 0.3) is 5.91 Å². The Bertz CT molecular complexity index is 1430. The number of thiophene rings is 1. The van der Waals surface area contributed by atoms with Gasteiger partial charge in [0.2, 0.25) is 0 Å². The van der Waals surface area contributed by atoms with Crippen molar-refractivity contribution in [3.05, 3.63) is 86.8 Å². The number of nitrogens with zero attached hydrogens (tertiary/aromatic N) is 5. The summed E-state index contributed by atoms with van der Waals surface area (Å²) in [6.45, 7) is 0.114. The third kappa shape index (κ3) is 3.81. The number of anilines is 1. The molecule has 0 aliphatic heterocycles. The number of carbonyl (C=O) groups is 1. The van der Waals surface area contributed by atoms with Gasteiger partial charge in [-0.2, -0.15) is 10.2 Å². The maximum absolute atomic E-state index is 14.1. The molecular formula is C21H13BrClFN6OS. The lowest BCUT2D eigenvalue weighted by Crippen LogP contribution is -2.13. The van der Waals surface area contributed by atoms with Gasteiger partial charge in [-0.25, -0.2) is 13.9 Å². The van der Waals surface area contributed by atoms with E-state index in [2.05, 4.69) is 36.4 Å². The zero-order chi connectivity index (χ0) is 22.2. The molecular weight excluding hydrogens is 519 g/mol. The quantitative estimate of drug-likeness (QED) is 0.324. The van der Waals surface area contributed by atoms with Crippen molar-refractivity contribution in [1.29, 1.82) is 0 Å². The molecule has 0 fully saturated rings. The molecule has 1 amide bonds. The van der Waals surface area contributed by atoms with E-state index in [0.717, 1.165) is 10.6 Å². The van der Waals surface area contributed by atoms with Crippen molar-refractivity contribution in [1.82, 2.24) is 24.4 Å². The van der Waals surface area contributed by atoms with Gasteiger partial charge in [0.05, 0.1) is 27.8 Å². The fraction of sp³-hybridized carbons (Fsp3) is 0.0476. The predicted octanol–water partition coefficient (Wildman–Crippen LogP) is 5.51. The topological polar surface area (TPSA) is 77.1 Å². The average molecular weight is 532 g/mol. The number of halogens is 3. The molecule has 5 rings (SSSR count). The van der Waals surface area contributed by atoms with E-state index in [1.54, 1.807) is 40.4 Å². The summed E-state index contributed by atoms with van der Waals surface area (Å²) in [5.74, 6) is -0.546. The van der Waals surface area contributed by atoms with E-state index in [1.165, 1.54) is 16.9 Å². The molecule has 0 aliphatic carbocycles. The van der Waals surface area contributed by atoms with Gasteiger partial charge in [-0.3, -0.25) is 9.48 Å². The van der Waals surface area contributed by atoms with E-state index in [4.69, 9.17) is 11.6 Å². The first-order valence-electron chi connectivity index (χ1n) is 9.35. The maximum Gasteiger partial charge on any atom is 0.262 e. The van der Waals surface area contributed by atoms with E-state index >= 15 is 0 Å². The molecule has 0 atom stereocenters. The second-order valence-corrected chi connectivity index (χ2v) is 8.99. The molecule has 0 saturated carbocycles. The Balaban J connectivity index is 1.41. The average Bonchev–Trinajstić information content (AvgIpc) is 3.51. The molecule has 1 aromatic carbocycles. The number of hydrogen-bond acceptors (Lipinski definition) is 5. The van der Waals surface area contributed by atoms with E-state index in [1.807, 2.05) is 23.6 Å². The molecule has 4 aromatic heterocycles. The van der Waals surface area contributed by atoms with Gasteiger partial charge in [-0.15, -0.1) is 11.3 Å². The Hall–Kier alpha value is -3.08. The second-order valence-electron chi connectivity index (χ2n) is 6.78. The van der Waals surface area contributed by atoms with Crippen molar-refractivity contribution in [2.45, 2.75) is 6.54 Å². The number of amides is 1. The Morgan fingerprint density at radius 3 is 2.91 bits per heavy atom. The zero-order valence-electron chi connectivity index (χ0n) is 16.2. The fourth-order valence-electron chi connectivity index (χ4n) is 3.25. The molecule has 4 heterocycles. The first-order chi connectivity index (χ1) is 15.5. The summed E-state index contributed by atoms with van der Waals surface area (Å²) in [4.78, 5) is 18.3. The minimum absolute atomic E-state index is 0.114. The third-order valence-electron chi connectivity index (χ3n) is 4.75. The van der Waals surface area contributed by atoms with Crippen LogP contribution < -0.4 is 5.32 Å². The lowest BCUT2D eigenvalue weighted by Gasteiger charge is -2.06. The van der Waals surface area contributed by atoms with Crippen LogP contribution in [0.15, 0.2) is 64.8 Å². The van der Waals surface area contributed by atoms with Crippen molar-refractivity contribution in [2.75, 3.05) is 5.32 Å². The number of rotatable bonds is 5. The highest BCUT2D eigenvalue weighted by Crippen LogP contribution is 2.27. The number of aromatic nitrogens is 5. The van der Waals surface area contributed by atoms with Crippen LogP contribution in [0.5, 0.6) is 0 Å². The lowest BCUT2D eigenvalue weighted by atomic mass is 10.2. The summed E-state index contributed by atoms with van der Waals surface area (Å²) in [5, 5.41) is 13.7. The lowest BCUT2D eigenvalue weighted by molar-refractivity contribution is 0.102. The molecule has 0 aliphatic rings. The van der Waals surface area contributed by atoms with Crippen molar-refractivity contribution in [3.8, 4) is 10.6 Å². The molecule has 7 nitrogen and oxygen atoms in total. The summed E-state index contributed by atoms with van der Waals surface area (Å²) >= 11 is 11.1. The minimum Gasteiger partial charge on any atom is -0.304 e. The van der Waals surface area contributed by atoms with Crippen molar-refractivity contribution in [3.63, 3.8) is 0 Å². The number of nitrogens with one attached hydrogen (secondary N) is 1. The molecule has 1 N–H and O–H groups in total.